The molecule has 0 aliphatic carbocycles. The maximum absolute atomic E-state index is 12.7. The zero-order valence-corrected chi connectivity index (χ0v) is 14.5. The summed E-state index contributed by atoms with van der Waals surface area (Å²) in [5.74, 6) is 0.502. The van der Waals surface area contributed by atoms with Crippen LogP contribution in [0.1, 0.15) is 38.1 Å². The van der Waals surface area contributed by atoms with Crippen molar-refractivity contribution in [2.45, 2.75) is 46.2 Å². The Hall–Kier alpha value is -1.68. The zero-order chi connectivity index (χ0) is 16.4. The molecular weight excluding hydrogens is 286 g/mol. The van der Waals surface area contributed by atoms with Crippen LogP contribution in [-0.4, -0.2) is 46.4 Å². The third-order valence-electron chi connectivity index (χ3n) is 4.90. The van der Waals surface area contributed by atoms with Crippen molar-refractivity contribution in [3.05, 3.63) is 41.2 Å². The van der Waals surface area contributed by atoms with Gasteiger partial charge in [-0.25, -0.2) is 0 Å². The number of hydrogen-bond donors (Lipinski definition) is 0. The second-order valence-corrected chi connectivity index (χ2v) is 7.16. The molecule has 1 aromatic heterocycles. The Morgan fingerprint density at radius 3 is 2.87 bits per heavy atom. The van der Waals surface area contributed by atoms with E-state index in [-0.39, 0.29) is 5.92 Å². The minimum Gasteiger partial charge on any atom is -0.334 e. The lowest BCUT2D eigenvalue weighted by molar-refractivity contribution is -0.139. The maximum atomic E-state index is 12.7. The molecule has 4 nitrogen and oxygen atoms in total. The average molecular weight is 313 g/mol. The molecule has 124 valence electrons. The van der Waals surface area contributed by atoms with Gasteiger partial charge in [-0.3, -0.25) is 14.7 Å². The number of allylic oxidation sites excluding steroid dienone is 1. The molecule has 2 bridgehead atoms. The topological polar surface area (TPSA) is 36.4 Å². The lowest BCUT2D eigenvalue weighted by Gasteiger charge is -2.35. The number of hydrogen-bond acceptors (Lipinski definition) is 3. The van der Waals surface area contributed by atoms with E-state index in [4.69, 9.17) is 0 Å². The van der Waals surface area contributed by atoms with Crippen LogP contribution in [0.5, 0.6) is 0 Å². The van der Waals surface area contributed by atoms with E-state index in [1.165, 1.54) is 5.57 Å². The standard InChI is InChI=1S/C19H27N3O/c1-14(2)9-10-22-18-8-7-16(19(22)23)11-21(13-18)12-17-6-4-5-15(3)20-17/h4-6,9,16,18H,7-8,10-13H2,1-3H3/t16-,18+/m1/s1. The highest BCUT2D eigenvalue weighted by Crippen LogP contribution is 2.29. The van der Waals surface area contributed by atoms with E-state index in [2.05, 4.69) is 46.8 Å². The van der Waals surface area contributed by atoms with Crippen LogP contribution in [-0.2, 0) is 11.3 Å². The van der Waals surface area contributed by atoms with Crippen LogP contribution in [0.15, 0.2) is 29.8 Å². The van der Waals surface area contributed by atoms with Gasteiger partial charge in [-0.1, -0.05) is 17.7 Å². The summed E-state index contributed by atoms with van der Waals surface area (Å²) in [5, 5.41) is 0. The Morgan fingerprint density at radius 1 is 1.30 bits per heavy atom. The van der Waals surface area contributed by atoms with Crippen molar-refractivity contribution in [2.75, 3.05) is 19.6 Å². The Kier molecular flexibility index (Phi) is 4.81. The van der Waals surface area contributed by atoms with E-state index in [0.717, 1.165) is 50.4 Å². The van der Waals surface area contributed by atoms with E-state index >= 15 is 0 Å². The Morgan fingerprint density at radius 2 is 2.13 bits per heavy atom. The maximum Gasteiger partial charge on any atom is 0.227 e. The first-order valence-electron chi connectivity index (χ1n) is 8.61. The SMILES string of the molecule is CC(C)=CCN1C(=O)[C@@H]2CC[C@H]1CN(Cc1cccc(C)n1)C2. The predicted molar refractivity (Wildman–Crippen MR) is 91.9 cm³/mol. The van der Waals surface area contributed by atoms with Crippen molar-refractivity contribution in [1.29, 1.82) is 0 Å². The van der Waals surface area contributed by atoms with E-state index in [1.54, 1.807) is 0 Å². The normalized spacial score (nSPS) is 24.7. The molecule has 23 heavy (non-hydrogen) atoms. The number of fused-ring (bicyclic) bond motifs is 4. The summed E-state index contributed by atoms with van der Waals surface area (Å²) < 4.78 is 0. The molecule has 2 atom stereocenters. The molecule has 4 rings (SSSR count). The van der Waals surface area contributed by atoms with Crippen LogP contribution >= 0.6 is 0 Å². The van der Waals surface area contributed by atoms with Gasteiger partial charge in [-0.15, -0.1) is 0 Å². The number of carbonyl (C=O) groups excluding carboxylic acids is 1. The fraction of sp³-hybridized carbons (Fsp3) is 0.579. The van der Waals surface area contributed by atoms with E-state index in [9.17, 15) is 4.79 Å². The number of aryl methyl sites for hydroxylation is 1. The average Bonchev–Trinajstić information content (AvgIpc) is 2.75. The summed E-state index contributed by atoms with van der Waals surface area (Å²) in [6.45, 7) is 9.66. The van der Waals surface area contributed by atoms with Gasteiger partial charge in [-0.2, -0.15) is 0 Å². The second kappa shape index (κ2) is 6.83. The predicted octanol–water partition coefficient (Wildman–Crippen LogP) is 2.78. The van der Waals surface area contributed by atoms with Crippen molar-refractivity contribution in [1.82, 2.24) is 14.8 Å². The van der Waals surface area contributed by atoms with Crippen molar-refractivity contribution in [3.8, 4) is 0 Å². The van der Waals surface area contributed by atoms with E-state index < -0.39 is 0 Å². The van der Waals surface area contributed by atoms with Crippen LogP contribution in [0.2, 0.25) is 0 Å². The molecule has 3 saturated heterocycles. The van der Waals surface area contributed by atoms with Crippen molar-refractivity contribution < 1.29 is 4.79 Å². The zero-order valence-electron chi connectivity index (χ0n) is 14.5. The summed E-state index contributed by atoms with van der Waals surface area (Å²) in [6, 6.07) is 6.53. The second-order valence-electron chi connectivity index (χ2n) is 7.16. The number of nitrogens with zero attached hydrogens (tertiary/aromatic N) is 3. The minimum atomic E-state index is 0.157. The van der Waals surface area contributed by atoms with Gasteiger partial charge in [0.05, 0.1) is 11.6 Å². The highest BCUT2D eigenvalue weighted by Gasteiger charge is 2.40. The summed E-state index contributed by atoms with van der Waals surface area (Å²) in [4.78, 5) is 21.9. The molecule has 3 aliphatic heterocycles. The summed E-state index contributed by atoms with van der Waals surface area (Å²) >= 11 is 0. The molecule has 3 fully saturated rings. The van der Waals surface area contributed by atoms with Crippen molar-refractivity contribution in [2.24, 2.45) is 5.92 Å². The molecule has 4 heterocycles. The molecule has 0 aromatic carbocycles. The van der Waals surface area contributed by atoms with Gasteiger partial charge in [0, 0.05) is 37.9 Å². The first-order valence-corrected chi connectivity index (χ1v) is 8.61. The third-order valence-corrected chi connectivity index (χ3v) is 4.90. The van der Waals surface area contributed by atoms with Crippen LogP contribution in [0.25, 0.3) is 0 Å². The minimum absolute atomic E-state index is 0.157. The van der Waals surface area contributed by atoms with E-state index in [1.807, 2.05) is 13.0 Å². The van der Waals surface area contributed by atoms with Crippen molar-refractivity contribution >= 4 is 5.91 Å². The first-order chi connectivity index (χ1) is 11.0. The van der Waals surface area contributed by atoms with Crippen LogP contribution in [0.3, 0.4) is 0 Å². The monoisotopic (exact) mass is 313 g/mol. The van der Waals surface area contributed by atoms with Gasteiger partial charge in [-0.05, 0) is 45.7 Å². The first kappa shape index (κ1) is 16.2. The summed E-state index contributed by atoms with van der Waals surface area (Å²) in [5.41, 5.74) is 3.44. The molecule has 1 amide bonds. The quantitative estimate of drug-likeness (QED) is 0.802. The van der Waals surface area contributed by atoms with Gasteiger partial charge < -0.3 is 4.90 Å². The number of carbonyl (C=O) groups is 1. The number of rotatable bonds is 4. The Labute approximate surface area is 139 Å². The van der Waals surface area contributed by atoms with Gasteiger partial charge in [0.15, 0.2) is 0 Å². The molecule has 3 aliphatic rings. The highest BCUT2D eigenvalue weighted by atomic mass is 16.2. The van der Waals surface area contributed by atoms with Crippen LogP contribution < -0.4 is 0 Å². The third kappa shape index (κ3) is 3.81. The molecular formula is C19H27N3O. The lowest BCUT2D eigenvalue weighted by atomic mass is 9.94. The Bertz CT molecular complexity index is 606. The van der Waals surface area contributed by atoms with E-state index in [0.29, 0.717) is 11.9 Å². The number of aromatic nitrogens is 1. The molecule has 4 heteroatoms. The van der Waals surface area contributed by atoms with Gasteiger partial charge in [0.1, 0.15) is 0 Å². The number of piperidine rings is 1. The highest BCUT2D eigenvalue weighted by molar-refractivity contribution is 5.80. The molecule has 0 saturated carbocycles. The summed E-state index contributed by atoms with van der Waals surface area (Å²) in [7, 11) is 0. The fourth-order valence-electron chi connectivity index (χ4n) is 3.70. The van der Waals surface area contributed by atoms with Crippen molar-refractivity contribution in [3.63, 3.8) is 0 Å². The molecule has 0 radical (unpaired) electrons. The molecule has 0 N–H and O–H groups in total. The number of amides is 1. The van der Waals surface area contributed by atoms with Crippen LogP contribution in [0.4, 0.5) is 0 Å². The lowest BCUT2D eigenvalue weighted by Crippen LogP contribution is -2.47. The van der Waals surface area contributed by atoms with Gasteiger partial charge in [0.25, 0.3) is 0 Å². The Balaban J connectivity index is 1.73. The molecule has 0 unspecified atom stereocenters. The summed E-state index contributed by atoms with van der Waals surface area (Å²) in [6.07, 6.45) is 4.34. The molecule has 0 spiro atoms. The largest absolute Gasteiger partial charge is 0.334 e. The number of pyridine rings is 1. The van der Waals surface area contributed by atoms with Gasteiger partial charge in [0.2, 0.25) is 5.91 Å². The van der Waals surface area contributed by atoms with Gasteiger partial charge >= 0.3 is 0 Å². The van der Waals surface area contributed by atoms with Crippen LogP contribution in [0, 0.1) is 12.8 Å². The fourth-order valence-corrected chi connectivity index (χ4v) is 3.70. The molecule has 1 aromatic rings. The smallest absolute Gasteiger partial charge is 0.227 e.